The molecule has 1 aliphatic heterocycles. The maximum atomic E-state index is 13.0. The molecule has 128 valence electrons. The van der Waals surface area contributed by atoms with Gasteiger partial charge in [0.1, 0.15) is 11.0 Å². The number of aromatic nitrogens is 3. The summed E-state index contributed by atoms with van der Waals surface area (Å²) in [5, 5.41) is 5.65. The van der Waals surface area contributed by atoms with Crippen molar-refractivity contribution in [2.24, 2.45) is 0 Å². The second-order valence-electron chi connectivity index (χ2n) is 6.37. The molecule has 1 N–H and O–H groups in total. The summed E-state index contributed by atoms with van der Waals surface area (Å²) < 4.78 is 27.8. The van der Waals surface area contributed by atoms with Crippen LogP contribution in [0, 0.1) is 0 Å². The third kappa shape index (κ3) is 3.05. The van der Waals surface area contributed by atoms with Crippen LogP contribution in [0.3, 0.4) is 0 Å². The SMILES string of the molecule is O=C(NC1CC(F)(F)C1)C1CN(Cc2nccs2)Cc2cncn21. The minimum atomic E-state index is -2.64. The molecule has 1 unspecified atom stereocenters. The van der Waals surface area contributed by atoms with E-state index < -0.39 is 18.0 Å². The van der Waals surface area contributed by atoms with Crippen LogP contribution >= 0.6 is 11.3 Å². The number of hydrogen-bond acceptors (Lipinski definition) is 5. The molecular formula is C15H17F2N5OS. The molecule has 0 aromatic carbocycles. The fourth-order valence-corrected chi connectivity index (χ4v) is 3.93. The van der Waals surface area contributed by atoms with E-state index in [0.29, 0.717) is 19.6 Å². The number of carbonyl (C=O) groups is 1. The van der Waals surface area contributed by atoms with Crippen molar-refractivity contribution in [1.82, 2.24) is 24.8 Å². The molecule has 9 heteroatoms. The molecule has 0 bridgehead atoms. The van der Waals surface area contributed by atoms with Crippen molar-refractivity contribution in [3.63, 3.8) is 0 Å². The number of carbonyl (C=O) groups excluding carboxylic acids is 1. The average Bonchev–Trinajstić information content (AvgIpc) is 3.15. The first-order valence-corrected chi connectivity index (χ1v) is 8.68. The Labute approximate surface area is 141 Å². The van der Waals surface area contributed by atoms with Gasteiger partial charge in [-0.25, -0.2) is 18.7 Å². The van der Waals surface area contributed by atoms with E-state index >= 15 is 0 Å². The number of imidazole rings is 1. The topological polar surface area (TPSA) is 63.1 Å². The Bertz CT molecular complexity index is 724. The van der Waals surface area contributed by atoms with Gasteiger partial charge in [0.25, 0.3) is 5.92 Å². The van der Waals surface area contributed by atoms with Crippen molar-refractivity contribution in [1.29, 1.82) is 0 Å². The van der Waals surface area contributed by atoms with Crippen molar-refractivity contribution in [3.8, 4) is 0 Å². The van der Waals surface area contributed by atoms with E-state index in [1.807, 2.05) is 9.95 Å². The van der Waals surface area contributed by atoms with Gasteiger partial charge < -0.3 is 9.88 Å². The third-order valence-corrected chi connectivity index (χ3v) is 5.24. The Kier molecular flexibility index (Phi) is 3.84. The molecular weight excluding hydrogens is 336 g/mol. The standard InChI is InChI=1S/C15H17F2N5OS/c16-15(17)3-10(4-15)20-14(23)12-7-21(8-13-19-1-2-24-13)6-11-5-18-9-22(11)12/h1-2,5,9-10,12H,3-4,6-8H2,(H,20,23). The summed E-state index contributed by atoms with van der Waals surface area (Å²) in [5.74, 6) is -2.86. The van der Waals surface area contributed by atoms with Gasteiger partial charge in [0, 0.05) is 49.7 Å². The van der Waals surface area contributed by atoms with Gasteiger partial charge in [0.2, 0.25) is 5.91 Å². The lowest BCUT2D eigenvalue weighted by Gasteiger charge is -2.38. The number of fused-ring (bicyclic) bond motifs is 1. The molecule has 3 heterocycles. The van der Waals surface area contributed by atoms with Gasteiger partial charge in [-0.1, -0.05) is 0 Å². The number of amides is 1. The molecule has 6 nitrogen and oxygen atoms in total. The van der Waals surface area contributed by atoms with Gasteiger partial charge in [-0.3, -0.25) is 9.69 Å². The monoisotopic (exact) mass is 353 g/mol. The largest absolute Gasteiger partial charge is 0.351 e. The van der Waals surface area contributed by atoms with E-state index in [-0.39, 0.29) is 18.7 Å². The second-order valence-corrected chi connectivity index (χ2v) is 7.35. The highest BCUT2D eigenvalue weighted by Gasteiger charge is 2.46. The van der Waals surface area contributed by atoms with E-state index in [2.05, 4.69) is 20.2 Å². The van der Waals surface area contributed by atoms with Crippen molar-refractivity contribution in [2.75, 3.05) is 6.54 Å². The molecule has 0 saturated heterocycles. The van der Waals surface area contributed by atoms with Crippen LogP contribution < -0.4 is 5.32 Å². The highest BCUT2D eigenvalue weighted by Crippen LogP contribution is 2.37. The van der Waals surface area contributed by atoms with Crippen LogP contribution in [0.2, 0.25) is 0 Å². The van der Waals surface area contributed by atoms with Crippen LogP contribution in [0.5, 0.6) is 0 Å². The number of alkyl halides is 2. The zero-order valence-corrected chi connectivity index (χ0v) is 13.7. The maximum absolute atomic E-state index is 13.0. The predicted octanol–water partition coefficient (Wildman–Crippen LogP) is 1.81. The first-order valence-electron chi connectivity index (χ1n) is 7.80. The number of nitrogens with zero attached hydrogens (tertiary/aromatic N) is 4. The highest BCUT2D eigenvalue weighted by atomic mass is 32.1. The molecule has 1 amide bonds. The third-order valence-electron chi connectivity index (χ3n) is 4.48. The van der Waals surface area contributed by atoms with E-state index in [4.69, 9.17) is 0 Å². The van der Waals surface area contributed by atoms with Crippen molar-refractivity contribution >= 4 is 17.2 Å². The summed E-state index contributed by atoms with van der Waals surface area (Å²) in [4.78, 5) is 23.1. The van der Waals surface area contributed by atoms with Crippen molar-refractivity contribution in [2.45, 2.75) is 43.9 Å². The van der Waals surface area contributed by atoms with Crippen LogP contribution in [0.4, 0.5) is 8.78 Å². The fraction of sp³-hybridized carbons (Fsp3) is 0.533. The van der Waals surface area contributed by atoms with E-state index in [0.717, 1.165) is 10.7 Å². The van der Waals surface area contributed by atoms with E-state index in [1.54, 1.807) is 30.1 Å². The minimum absolute atomic E-state index is 0.224. The van der Waals surface area contributed by atoms with Crippen LogP contribution in [0.25, 0.3) is 0 Å². The first kappa shape index (κ1) is 15.6. The maximum Gasteiger partial charge on any atom is 0.252 e. The molecule has 0 spiro atoms. The molecule has 1 saturated carbocycles. The summed E-state index contributed by atoms with van der Waals surface area (Å²) in [6.45, 7) is 1.86. The van der Waals surface area contributed by atoms with Gasteiger partial charge in [-0.2, -0.15) is 0 Å². The Morgan fingerprint density at radius 1 is 1.46 bits per heavy atom. The van der Waals surface area contributed by atoms with Crippen LogP contribution in [-0.4, -0.2) is 43.9 Å². The quantitative estimate of drug-likeness (QED) is 0.911. The van der Waals surface area contributed by atoms with Crippen LogP contribution in [0.1, 0.15) is 29.6 Å². The zero-order valence-electron chi connectivity index (χ0n) is 12.9. The first-order chi connectivity index (χ1) is 11.5. The Morgan fingerprint density at radius 3 is 3.00 bits per heavy atom. The van der Waals surface area contributed by atoms with Crippen molar-refractivity contribution in [3.05, 3.63) is 34.8 Å². The highest BCUT2D eigenvalue weighted by molar-refractivity contribution is 7.09. The lowest BCUT2D eigenvalue weighted by Crippen LogP contribution is -2.53. The van der Waals surface area contributed by atoms with Gasteiger partial charge >= 0.3 is 0 Å². The molecule has 2 aliphatic rings. The molecule has 24 heavy (non-hydrogen) atoms. The van der Waals surface area contributed by atoms with E-state index in [1.165, 1.54) is 0 Å². The smallest absolute Gasteiger partial charge is 0.252 e. The average molecular weight is 353 g/mol. The van der Waals surface area contributed by atoms with Gasteiger partial charge in [-0.15, -0.1) is 11.3 Å². The lowest BCUT2D eigenvalue weighted by atomic mass is 9.88. The van der Waals surface area contributed by atoms with E-state index in [9.17, 15) is 13.6 Å². The number of nitrogens with one attached hydrogen (secondary N) is 1. The summed E-state index contributed by atoms with van der Waals surface area (Å²) in [7, 11) is 0. The zero-order chi connectivity index (χ0) is 16.7. The Balaban J connectivity index is 1.46. The Hall–Kier alpha value is -1.87. The number of thiazole rings is 1. The molecule has 4 rings (SSSR count). The van der Waals surface area contributed by atoms with Gasteiger partial charge in [0.15, 0.2) is 0 Å². The predicted molar refractivity (Wildman–Crippen MR) is 83.6 cm³/mol. The summed E-state index contributed by atoms with van der Waals surface area (Å²) in [5.41, 5.74) is 0.942. The molecule has 1 atom stereocenters. The van der Waals surface area contributed by atoms with Crippen LogP contribution in [-0.2, 0) is 17.9 Å². The molecule has 1 fully saturated rings. The summed E-state index contributed by atoms with van der Waals surface area (Å²) in [6.07, 6.45) is 4.59. The van der Waals surface area contributed by atoms with Crippen molar-refractivity contribution < 1.29 is 13.6 Å². The Morgan fingerprint density at radius 2 is 2.29 bits per heavy atom. The number of halogens is 2. The molecule has 0 radical (unpaired) electrons. The fourth-order valence-electron chi connectivity index (χ4n) is 3.27. The number of hydrogen-bond donors (Lipinski definition) is 1. The number of rotatable bonds is 4. The second kappa shape index (κ2) is 5.89. The summed E-state index contributed by atoms with van der Waals surface area (Å²) in [6, 6.07) is -0.890. The molecule has 1 aliphatic carbocycles. The van der Waals surface area contributed by atoms with Gasteiger partial charge in [-0.05, 0) is 0 Å². The van der Waals surface area contributed by atoms with Gasteiger partial charge in [0.05, 0.1) is 18.6 Å². The summed E-state index contributed by atoms with van der Waals surface area (Å²) >= 11 is 1.57. The van der Waals surface area contributed by atoms with Crippen LogP contribution in [0.15, 0.2) is 24.1 Å². The normalized spacial score (nSPS) is 23.5. The lowest BCUT2D eigenvalue weighted by molar-refractivity contribution is -0.133. The molecule has 2 aromatic rings. The molecule has 2 aromatic heterocycles. The minimum Gasteiger partial charge on any atom is -0.351 e.